The van der Waals surface area contributed by atoms with Crippen molar-refractivity contribution >= 4 is 40.6 Å². The molecule has 0 unspecified atom stereocenters. The van der Waals surface area contributed by atoms with Crippen LogP contribution in [0.25, 0.3) is 6.08 Å². The Labute approximate surface area is 118 Å². The van der Waals surface area contributed by atoms with Gasteiger partial charge in [-0.25, -0.2) is 4.39 Å². The number of benzene rings is 1. The highest BCUT2D eigenvalue weighted by molar-refractivity contribution is 8.18. The molecule has 100 valence electrons. The SMILES string of the molecule is NCCN1C(=O)S/C(=C\c2c(F)cccc2Cl)C1=O. The molecule has 2 rings (SSSR count). The zero-order chi connectivity index (χ0) is 14.0. The Hall–Kier alpha value is -1.37. The van der Waals surface area contributed by atoms with Crippen molar-refractivity contribution in [1.82, 2.24) is 4.90 Å². The van der Waals surface area contributed by atoms with Gasteiger partial charge in [-0.1, -0.05) is 17.7 Å². The lowest BCUT2D eigenvalue weighted by atomic mass is 10.2. The van der Waals surface area contributed by atoms with Crippen molar-refractivity contribution in [1.29, 1.82) is 0 Å². The second kappa shape index (κ2) is 5.73. The molecule has 0 bridgehead atoms. The first-order chi connectivity index (χ1) is 9.04. The number of nitrogens with two attached hydrogens (primary N) is 1. The Morgan fingerprint density at radius 1 is 1.42 bits per heavy atom. The highest BCUT2D eigenvalue weighted by atomic mass is 35.5. The van der Waals surface area contributed by atoms with Crippen LogP contribution in [0, 0.1) is 5.82 Å². The molecule has 1 aliphatic heterocycles. The number of carbonyl (C=O) groups is 2. The summed E-state index contributed by atoms with van der Waals surface area (Å²) in [5.41, 5.74) is 5.42. The van der Waals surface area contributed by atoms with Gasteiger partial charge in [0.05, 0.1) is 9.93 Å². The van der Waals surface area contributed by atoms with Gasteiger partial charge in [0.1, 0.15) is 5.82 Å². The third-order valence-corrected chi connectivity index (χ3v) is 3.74. The fourth-order valence-electron chi connectivity index (χ4n) is 1.60. The highest BCUT2D eigenvalue weighted by Crippen LogP contribution is 2.33. The molecule has 1 aromatic rings. The number of rotatable bonds is 3. The number of amides is 2. The Morgan fingerprint density at radius 2 is 2.16 bits per heavy atom. The summed E-state index contributed by atoms with van der Waals surface area (Å²) < 4.78 is 13.6. The van der Waals surface area contributed by atoms with Gasteiger partial charge in [0.25, 0.3) is 11.1 Å². The topological polar surface area (TPSA) is 63.4 Å². The third kappa shape index (κ3) is 2.80. The first-order valence-electron chi connectivity index (χ1n) is 5.44. The Kier molecular flexibility index (Phi) is 4.24. The molecule has 2 amide bonds. The van der Waals surface area contributed by atoms with E-state index in [0.717, 1.165) is 16.7 Å². The number of halogens is 2. The van der Waals surface area contributed by atoms with Crippen LogP contribution in [-0.4, -0.2) is 29.1 Å². The molecule has 2 N–H and O–H groups in total. The standard InChI is InChI=1S/C12H10ClFN2O2S/c13-8-2-1-3-9(14)7(8)6-10-11(17)16(5-4-15)12(18)19-10/h1-3,6H,4-5,15H2/b10-6-. The lowest BCUT2D eigenvalue weighted by Gasteiger charge is -2.09. The molecular formula is C12H10ClFN2O2S. The van der Waals surface area contributed by atoms with E-state index in [1.165, 1.54) is 24.3 Å². The van der Waals surface area contributed by atoms with E-state index >= 15 is 0 Å². The predicted octanol–water partition coefficient (Wildman–Crippen LogP) is 2.47. The van der Waals surface area contributed by atoms with Crippen LogP contribution in [0.1, 0.15) is 5.56 Å². The molecule has 19 heavy (non-hydrogen) atoms. The number of thioether (sulfide) groups is 1. The van der Waals surface area contributed by atoms with Crippen LogP contribution in [0.4, 0.5) is 9.18 Å². The monoisotopic (exact) mass is 300 g/mol. The van der Waals surface area contributed by atoms with E-state index in [4.69, 9.17) is 17.3 Å². The van der Waals surface area contributed by atoms with E-state index < -0.39 is 17.0 Å². The third-order valence-electron chi connectivity index (χ3n) is 2.50. The average Bonchev–Trinajstić information content (AvgIpc) is 2.62. The normalized spacial score (nSPS) is 17.6. The summed E-state index contributed by atoms with van der Waals surface area (Å²) >= 11 is 6.62. The minimum Gasteiger partial charge on any atom is -0.329 e. The van der Waals surface area contributed by atoms with E-state index in [0.29, 0.717) is 0 Å². The van der Waals surface area contributed by atoms with Crippen LogP contribution in [0.3, 0.4) is 0 Å². The molecule has 0 aliphatic carbocycles. The molecule has 1 heterocycles. The fourth-order valence-corrected chi connectivity index (χ4v) is 2.67. The van der Waals surface area contributed by atoms with Crippen LogP contribution in [-0.2, 0) is 4.79 Å². The van der Waals surface area contributed by atoms with Gasteiger partial charge < -0.3 is 5.73 Å². The van der Waals surface area contributed by atoms with E-state index in [2.05, 4.69) is 0 Å². The van der Waals surface area contributed by atoms with Gasteiger partial charge in [-0.05, 0) is 30.0 Å². The summed E-state index contributed by atoms with van der Waals surface area (Å²) in [5.74, 6) is -1.02. The van der Waals surface area contributed by atoms with Gasteiger partial charge in [0.15, 0.2) is 0 Å². The summed E-state index contributed by atoms with van der Waals surface area (Å²) in [7, 11) is 0. The Balaban J connectivity index is 2.35. The maximum absolute atomic E-state index is 13.6. The van der Waals surface area contributed by atoms with Gasteiger partial charge in [-0.2, -0.15) is 0 Å². The fraction of sp³-hybridized carbons (Fsp3) is 0.167. The van der Waals surface area contributed by atoms with Crippen LogP contribution in [0.2, 0.25) is 5.02 Å². The van der Waals surface area contributed by atoms with Gasteiger partial charge in [-0.3, -0.25) is 14.5 Å². The molecule has 1 aromatic carbocycles. The number of hydrogen-bond donors (Lipinski definition) is 1. The van der Waals surface area contributed by atoms with Crippen molar-refractivity contribution in [3.8, 4) is 0 Å². The summed E-state index contributed by atoms with van der Waals surface area (Å²) in [6.45, 7) is 0.332. The second-order valence-corrected chi connectivity index (χ2v) is 5.16. The van der Waals surface area contributed by atoms with Crippen molar-refractivity contribution in [2.75, 3.05) is 13.1 Å². The zero-order valence-electron chi connectivity index (χ0n) is 9.73. The number of nitrogens with zero attached hydrogens (tertiary/aromatic N) is 1. The van der Waals surface area contributed by atoms with Crippen molar-refractivity contribution in [2.24, 2.45) is 5.73 Å². The maximum atomic E-state index is 13.6. The van der Waals surface area contributed by atoms with Crippen LogP contribution in [0.15, 0.2) is 23.1 Å². The molecule has 0 spiro atoms. The minimum absolute atomic E-state index is 0.0995. The van der Waals surface area contributed by atoms with Gasteiger partial charge in [-0.15, -0.1) is 0 Å². The van der Waals surface area contributed by atoms with E-state index in [1.807, 2.05) is 0 Å². The quantitative estimate of drug-likeness (QED) is 0.871. The van der Waals surface area contributed by atoms with Gasteiger partial charge in [0, 0.05) is 18.7 Å². The molecule has 0 radical (unpaired) electrons. The second-order valence-electron chi connectivity index (χ2n) is 3.76. The maximum Gasteiger partial charge on any atom is 0.293 e. The van der Waals surface area contributed by atoms with Gasteiger partial charge >= 0.3 is 0 Å². The Morgan fingerprint density at radius 3 is 2.79 bits per heavy atom. The van der Waals surface area contributed by atoms with Crippen molar-refractivity contribution in [2.45, 2.75) is 0 Å². The lowest BCUT2D eigenvalue weighted by Crippen LogP contribution is -2.33. The Bertz CT molecular complexity index is 557. The van der Waals surface area contributed by atoms with Crippen LogP contribution < -0.4 is 5.73 Å². The molecule has 1 fully saturated rings. The smallest absolute Gasteiger partial charge is 0.293 e. The van der Waals surface area contributed by atoms with Crippen molar-refractivity contribution in [3.63, 3.8) is 0 Å². The molecule has 0 atom stereocenters. The minimum atomic E-state index is -0.543. The molecule has 0 saturated carbocycles. The summed E-state index contributed by atoms with van der Waals surface area (Å²) in [6, 6.07) is 4.22. The molecular weight excluding hydrogens is 291 g/mol. The largest absolute Gasteiger partial charge is 0.329 e. The summed E-state index contributed by atoms with van der Waals surface area (Å²) in [5, 5.41) is -0.222. The van der Waals surface area contributed by atoms with E-state index in [-0.39, 0.29) is 28.6 Å². The lowest BCUT2D eigenvalue weighted by molar-refractivity contribution is -0.122. The number of carbonyl (C=O) groups excluding carboxylic acids is 2. The molecule has 0 aromatic heterocycles. The first-order valence-corrected chi connectivity index (χ1v) is 6.63. The molecule has 1 saturated heterocycles. The van der Waals surface area contributed by atoms with Crippen LogP contribution >= 0.6 is 23.4 Å². The van der Waals surface area contributed by atoms with Gasteiger partial charge in [0.2, 0.25) is 0 Å². The highest BCUT2D eigenvalue weighted by Gasteiger charge is 2.34. The number of imide groups is 1. The van der Waals surface area contributed by atoms with E-state index in [1.54, 1.807) is 0 Å². The molecule has 1 aliphatic rings. The molecule has 7 heteroatoms. The average molecular weight is 301 g/mol. The number of hydrogen-bond acceptors (Lipinski definition) is 4. The summed E-state index contributed by atoms with van der Waals surface area (Å²) in [4.78, 5) is 24.7. The first kappa shape index (κ1) is 14.0. The predicted molar refractivity (Wildman–Crippen MR) is 73.1 cm³/mol. The van der Waals surface area contributed by atoms with Crippen LogP contribution in [0.5, 0.6) is 0 Å². The van der Waals surface area contributed by atoms with Crippen molar-refractivity contribution in [3.05, 3.63) is 39.5 Å². The summed E-state index contributed by atoms with van der Waals surface area (Å²) in [6.07, 6.45) is 1.29. The zero-order valence-corrected chi connectivity index (χ0v) is 11.3. The van der Waals surface area contributed by atoms with Crippen molar-refractivity contribution < 1.29 is 14.0 Å². The van der Waals surface area contributed by atoms with E-state index in [9.17, 15) is 14.0 Å². The molecule has 4 nitrogen and oxygen atoms in total.